The topological polar surface area (TPSA) is 47.3 Å². The second-order valence-electron chi connectivity index (χ2n) is 5.98. The summed E-state index contributed by atoms with van der Waals surface area (Å²) in [5, 5.41) is 3.71. The maximum absolute atomic E-state index is 5.99. The van der Waals surface area contributed by atoms with E-state index in [-0.39, 0.29) is 5.54 Å². The molecule has 94 valence electrons. The number of nitrogens with one attached hydrogen (secondary N) is 1. The van der Waals surface area contributed by atoms with Gasteiger partial charge in [-0.15, -0.1) is 0 Å². The van der Waals surface area contributed by atoms with Gasteiger partial charge in [-0.25, -0.2) is 0 Å². The van der Waals surface area contributed by atoms with Crippen LogP contribution in [-0.4, -0.2) is 31.8 Å². The van der Waals surface area contributed by atoms with Crippen LogP contribution in [0.4, 0.5) is 0 Å². The average Bonchev–Trinajstić information content (AvgIpc) is 2.76. The van der Waals surface area contributed by atoms with Crippen molar-refractivity contribution in [2.24, 2.45) is 11.1 Å². The number of ether oxygens (including phenoxy) is 1. The van der Waals surface area contributed by atoms with Crippen molar-refractivity contribution in [3.63, 3.8) is 0 Å². The van der Waals surface area contributed by atoms with E-state index in [0.717, 1.165) is 32.7 Å². The first-order valence-corrected chi connectivity index (χ1v) is 6.71. The van der Waals surface area contributed by atoms with Gasteiger partial charge in [0, 0.05) is 18.7 Å². The van der Waals surface area contributed by atoms with Crippen LogP contribution < -0.4 is 11.1 Å². The lowest BCUT2D eigenvalue weighted by atomic mass is 9.73. The summed E-state index contributed by atoms with van der Waals surface area (Å²) in [6.45, 7) is 5.93. The van der Waals surface area contributed by atoms with Crippen LogP contribution >= 0.6 is 0 Å². The van der Waals surface area contributed by atoms with Gasteiger partial charge in [0.2, 0.25) is 0 Å². The summed E-state index contributed by atoms with van der Waals surface area (Å²) >= 11 is 0. The highest BCUT2D eigenvalue weighted by Crippen LogP contribution is 2.35. The molecule has 1 aliphatic carbocycles. The SMILES string of the molecule is CC1(NCC2(CN)CCCCC2)CCOC1. The number of hydrogen-bond donors (Lipinski definition) is 2. The molecule has 2 fully saturated rings. The third kappa shape index (κ3) is 2.76. The fraction of sp³-hybridized carbons (Fsp3) is 1.00. The maximum Gasteiger partial charge on any atom is 0.0646 e. The molecule has 0 aromatic heterocycles. The molecular formula is C13H26N2O. The molecule has 1 saturated heterocycles. The predicted molar refractivity (Wildman–Crippen MR) is 66.4 cm³/mol. The monoisotopic (exact) mass is 226 g/mol. The molecule has 0 bridgehead atoms. The zero-order valence-corrected chi connectivity index (χ0v) is 10.6. The van der Waals surface area contributed by atoms with E-state index >= 15 is 0 Å². The molecule has 2 aliphatic rings. The molecule has 1 heterocycles. The second-order valence-corrected chi connectivity index (χ2v) is 5.98. The Kier molecular flexibility index (Phi) is 3.88. The maximum atomic E-state index is 5.99. The highest BCUT2D eigenvalue weighted by Gasteiger charge is 2.35. The van der Waals surface area contributed by atoms with E-state index in [2.05, 4.69) is 12.2 Å². The first kappa shape index (κ1) is 12.3. The molecule has 2 rings (SSSR count). The van der Waals surface area contributed by atoms with Crippen LogP contribution in [-0.2, 0) is 4.74 Å². The van der Waals surface area contributed by atoms with E-state index in [1.54, 1.807) is 0 Å². The fourth-order valence-corrected chi connectivity index (χ4v) is 2.96. The van der Waals surface area contributed by atoms with Crippen LogP contribution in [0.5, 0.6) is 0 Å². The Balaban J connectivity index is 1.86. The van der Waals surface area contributed by atoms with Crippen molar-refractivity contribution in [2.75, 3.05) is 26.3 Å². The Labute approximate surface area is 99.1 Å². The van der Waals surface area contributed by atoms with E-state index in [1.165, 1.54) is 32.1 Å². The van der Waals surface area contributed by atoms with Gasteiger partial charge in [-0.3, -0.25) is 0 Å². The number of nitrogens with two attached hydrogens (primary N) is 1. The lowest BCUT2D eigenvalue weighted by Gasteiger charge is -2.39. The Hall–Kier alpha value is -0.120. The molecule has 1 aliphatic heterocycles. The van der Waals surface area contributed by atoms with Gasteiger partial charge in [0.1, 0.15) is 0 Å². The molecule has 1 unspecified atom stereocenters. The summed E-state index contributed by atoms with van der Waals surface area (Å²) in [6.07, 6.45) is 7.83. The minimum atomic E-state index is 0.194. The first-order chi connectivity index (χ1) is 7.68. The minimum absolute atomic E-state index is 0.194. The Bertz CT molecular complexity index is 218. The van der Waals surface area contributed by atoms with Crippen molar-refractivity contribution in [2.45, 2.75) is 51.0 Å². The van der Waals surface area contributed by atoms with Crippen LogP contribution in [0.2, 0.25) is 0 Å². The second kappa shape index (κ2) is 5.03. The zero-order valence-electron chi connectivity index (χ0n) is 10.6. The van der Waals surface area contributed by atoms with Crippen molar-refractivity contribution in [1.82, 2.24) is 5.32 Å². The molecule has 0 aromatic carbocycles. The molecule has 0 aromatic rings. The van der Waals surface area contributed by atoms with Gasteiger partial charge >= 0.3 is 0 Å². The minimum Gasteiger partial charge on any atom is -0.379 e. The van der Waals surface area contributed by atoms with E-state index < -0.39 is 0 Å². The van der Waals surface area contributed by atoms with Gasteiger partial charge in [0.25, 0.3) is 0 Å². The van der Waals surface area contributed by atoms with Crippen molar-refractivity contribution in [3.8, 4) is 0 Å². The smallest absolute Gasteiger partial charge is 0.0646 e. The molecule has 1 atom stereocenters. The van der Waals surface area contributed by atoms with Gasteiger partial charge in [0.05, 0.1) is 6.61 Å². The van der Waals surface area contributed by atoms with Gasteiger partial charge in [0.15, 0.2) is 0 Å². The fourth-order valence-electron chi connectivity index (χ4n) is 2.96. The molecule has 0 amide bonds. The number of rotatable bonds is 4. The standard InChI is InChI=1S/C13H26N2O/c1-12(7-8-16-11-12)15-10-13(9-14)5-3-2-4-6-13/h15H,2-11,14H2,1H3. The zero-order chi connectivity index (χ0) is 11.5. The normalized spacial score (nSPS) is 34.1. The summed E-state index contributed by atoms with van der Waals surface area (Å²) in [4.78, 5) is 0. The molecule has 0 spiro atoms. The van der Waals surface area contributed by atoms with E-state index in [4.69, 9.17) is 10.5 Å². The summed E-state index contributed by atoms with van der Waals surface area (Å²) in [6, 6.07) is 0. The molecule has 3 N–H and O–H groups in total. The van der Waals surface area contributed by atoms with Crippen molar-refractivity contribution in [3.05, 3.63) is 0 Å². The highest BCUT2D eigenvalue weighted by molar-refractivity contribution is 4.92. The molecule has 0 radical (unpaired) electrons. The highest BCUT2D eigenvalue weighted by atomic mass is 16.5. The molecule has 3 heteroatoms. The van der Waals surface area contributed by atoms with Crippen LogP contribution in [0.25, 0.3) is 0 Å². The molecular weight excluding hydrogens is 200 g/mol. The molecule has 3 nitrogen and oxygen atoms in total. The van der Waals surface area contributed by atoms with Crippen LogP contribution in [0.3, 0.4) is 0 Å². The van der Waals surface area contributed by atoms with Crippen molar-refractivity contribution >= 4 is 0 Å². The van der Waals surface area contributed by atoms with Gasteiger partial charge < -0.3 is 15.8 Å². The van der Waals surface area contributed by atoms with E-state index in [9.17, 15) is 0 Å². The Morgan fingerprint density at radius 3 is 2.50 bits per heavy atom. The summed E-state index contributed by atoms with van der Waals surface area (Å²) in [5.74, 6) is 0. The summed E-state index contributed by atoms with van der Waals surface area (Å²) < 4.78 is 5.47. The molecule has 16 heavy (non-hydrogen) atoms. The van der Waals surface area contributed by atoms with Crippen LogP contribution in [0.1, 0.15) is 45.4 Å². The van der Waals surface area contributed by atoms with Crippen LogP contribution in [0.15, 0.2) is 0 Å². The van der Waals surface area contributed by atoms with E-state index in [1.807, 2.05) is 0 Å². The summed E-state index contributed by atoms with van der Waals surface area (Å²) in [7, 11) is 0. The van der Waals surface area contributed by atoms with Crippen molar-refractivity contribution in [1.29, 1.82) is 0 Å². The Morgan fingerprint density at radius 1 is 1.19 bits per heavy atom. The van der Waals surface area contributed by atoms with Gasteiger partial charge in [-0.2, -0.15) is 0 Å². The Morgan fingerprint density at radius 2 is 1.94 bits per heavy atom. The lowest BCUT2D eigenvalue weighted by molar-refractivity contribution is 0.144. The third-order valence-corrected chi connectivity index (χ3v) is 4.46. The van der Waals surface area contributed by atoms with Gasteiger partial charge in [-0.05, 0) is 38.1 Å². The van der Waals surface area contributed by atoms with Crippen molar-refractivity contribution < 1.29 is 4.74 Å². The van der Waals surface area contributed by atoms with E-state index in [0.29, 0.717) is 5.41 Å². The third-order valence-electron chi connectivity index (χ3n) is 4.46. The van der Waals surface area contributed by atoms with Crippen LogP contribution in [0, 0.1) is 5.41 Å². The average molecular weight is 226 g/mol. The lowest BCUT2D eigenvalue weighted by Crippen LogP contribution is -2.51. The van der Waals surface area contributed by atoms with Gasteiger partial charge in [-0.1, -0.05) is 19.3 Å². The summed E-state index contributed by atoms with van der Waals surface area (Å²) in [5.41, 5.74) is 6.55. The largest absolute Gasteiger partial charge is 0.379 e. The predicted octanol–water partition coefficient (Wildman–Crippen LogP) is 1.66. The first-order valence-electron chi connectivity index (χ1n) is 6.71. The molecule has 1 saturated carbocycles. The quantitative estimate of drug-likeness (QED) is 0.766. The number of hydrogen-bond acceptors (Lipinski definition) is 3.